The van der Waals surface area contributed by atoms with Gasteiger partial charge in [0, 0.05) is 17.6 Å². The Morgan fingerprint density at radius 3 is 2.37 bits per heavy atom. The van der Waals surface area contributed by atoms with E-state index in [0.717, 1.165) is 5.56 Å². The van der Waals surface area contributed by atoms with E-state index in [2.05, 4.69) is 0 Å². The van der Waals surface area contributed by atoms with Crippen LogP contribution in [0.25, 0.3) is 10.9 Å². The smallest absolute Gasteiger partial charge is 0.432 e. The average molecular weight is 377 g/mol. The number of rotatable bonds is 4. The second kappa shape index (κ2) is 7.08. The lowest BCUT2D eigenvalue weighted by Crippen LogP contribution is -2.22. The first-order valence-corrected chi connectivity index (χ1v) is 8.28. The fourth-order valence-electron chi connectivity index (χ4n) is 3.16. The highest BCUT2D eigenvalue weighted by atomic mass is 19.4. The number of benzene rings is 2. The summed E-state index contributed by atoms with van der Waals surface area (Å²) in [5.74, 6) is -0.406. The van der Waals surface area contributed by atoms with Gasteiger partial charge in [0.25, 0.3) is 5.91 Å². The Balaban J connectivity index is 2.35. The van der Waals surface area contributed by atoms with Crippen LogP contribution in [-0.4, -0.2) is 29.3 Å². The third-order valence-corrected chi connectivity index (χ3v) is 4.41. The standard InChI is InChI=1S/C20H18F3NO3/c1-12-3-5-13(6-4-12)19(26)24-17-8-7-14(27-2)11-16(17)15(9-10-25)18(24)20(21,22)23/h3-8,11,25H,9-10H2,1-2H3. The predicted molar refractivity (Wildman–Crippen MR) is 95.2 cm³/mol. The van der Waals surface area contributed by atoms with Gasteiger partial charge in [0.15, 0.2) is 0 Å². The second-order valence-corrected chi connectivity index (χ2v) is 6.19. The lowest BCUT2D eigenvalue weighted by molar-refractivity contribution is -0.142. The number of aromatic nitrogens is 1. The molecule has 0 radical (unpaired) electrons. The van der Waals surface area contributed by atoms with Gasteiger partial charge in [0.2, 0.25) is 0 Å². The van der Waals surface area contributed by atoms with Crippen LogP contribution in [0.15, 0.2) is 42.5 Å². The normalized spacial score (nSPS) is 11.8. The third kappa shape index (κ3) is 3.42. The molecule has 4 nitrogen and oxygen atoms in total. The third-order valence-electron chi connectivity index (χ3n) is 4.41. The van der Waals surface area contributed by atoms with Gasteiger partial charge < -0.3 is 9.84 Å². The van der Waals surface area contributed by atoms with Gasteiger partial charge in [0.1, 0.15) is 11.4 Å². The minimum atomic E-state index is -4.77. The molecule has 0 unspecified atom stereocenters. The molecule has 2 aromatic carbocycles. The van der Waals surface area contributed by atoms with Crippen molar-refractivity contribution in [1.82, 2.24) is 4.57 Å². The van der Waals surface area contributed by atoms with Crippen molar-refractivity contribution >= 4 is 16.8 Å². The molecule has 0 fully saturated rings. The number of methoxy groups -OCH3 is 1. The Bertz CT molecular complexity index is 988. The van der Waals surface area contributed by atoms with E-state index >= 15 is 0 Å². The molecular weight excluding hydrogens is 359 g/mol. The number of aryl methyl sites for hydroxylation is 1. The molecule has 1 heterocycles. The number of hydrogen-bond donors (Lipinski definition) is 1. The first-order valence-electron chi connectivity index (χ1n) is 8.28. The number of aliphatic hydroxyl groups is 1. The fourth-order valence-corrected chi connectivity index (χ4v) is 3.16. The molecule has 0 spiro atoms. The van der Waals surface area contributed by atoms with Gasteiger partial charge >= 0.3 is 6.18 Å². The fraction of sp³-hybridized carbons (Fsp3) is 0.250. The molecular formula is C20H18F3NO3. The van der Waals surface area contributed by atoms with Gasteiger partial charge in [-0.05, 0) is 49.2 Å². The molecule has 0 aliphatic rings. The summed E-state index contributed by atoms with van der Waals surface area (Å²) in [4.78, 5) is 13.0. The molecule has 1 N–H and O–H groups in total. The maximum absolute atomic E-state index is 13.9. The summed E-state index contributed by atoms with van der Waals surface area (Å²) in [5.41, 5.74) is -0.0260. The van der Waals surface area contributed by atoms with Crippen LogP contribution in [0.2, 0.25) is 0 Å². The Labute approximate surface area is 153 Å². The zero-order valence-corrected chi connectivity index (χ0v) is 14.8. The molecule has 0 bridgehead atoms. The number of ether oxygens (including phenoxy) is 1. The molecule has 0 aliphatic heterocycles. The summed E-state index contributed by atoms with van der Waals surface area (Å²) >= 11 is 0. The summed E-state index contributed by atoms with van der Waals surface area (Å²) < 4.78 is 47.5. The number of carbonyl (C=O) groups excluding carboxylic acids is 1. The molecule has 3 rings (SSSR count). The molecule has 0 saturated carbocycles. The first kappa shape index (κ1) is 19.0. The minimum absolute atomic E-state index is 0.122. The van der Waals surface area contributed by atoms with E-state index in [-0.39, 0.29) is 28.5 Å². The lowest BCUT2D eigenvalue weighted by atomic mass is 10.1. The molecule has 27 heavy (non-hydrogen) atoms. The summed E-state index contributed by atoms with van der Waals surface area (Å²) in [6, 6.07) is 10.7. The van der Waals surface area contributed by atoms with E-state index in [1.807, 2.05) is 6.92 Å². The van der Waals surface area contributed by atoms with E-state index in [9.17, 15) is 23.1 Å². The van der Waals surface area contributed by atoms with Crippen molar-refractivity contribution < 1.29 is 27.8 Å². The van der Waals surface area contributed by atoms with Crippen molar-refractivity contribution in [3.05, 3.63) is 64.8 Å². The van der Waals surface area contributed by atoms with Crippen molar-refractivity contribution in [2.75, 3.05) is 13.7 Å². The Morgan fingerprint density at radius 1 is 1.15 bits per heavy atom. The Hall–Kier alpha value is -2.80. The highest BCUT2D eigenvalue weighted by Crippen LogP contribution is 2.40. The zero-order chi connectivity index (χ0) is 19.8. The monoisotopic (exact) mass is 377 g/mol. The van der Waals surface area contributed by atoms with Gasteiger partial charge in [-0.2, -0.15) is 13.2 Å². The van der Waals surface area contributed by atoms with Gasteiger partial charge in [-0.25, -0.2) is 0 Å². The molecule has 0 amide bonds. The van der Waals surface area contributed by atoms with Crippen molar-refractivity contribution in [3.63, 3.8) is 0 Å². The van der Waals surface area contributed by atoms with Gasteiger partial charge in [0.05, 0.1) is 12.6 Å². The van der Waals surface area contributed by atoms with E-state index in [4.69, 9.17) is 4.74 Å². The average Bonchev–Trinajstić information content (AvgIpc) is 2.96. The summed E-state index contributed by atoms with van der Waals surface area (Å²) in [7, 11) is 1.41. The number of fused-ring (bicyclic) bond motifs is 1. The summed E-state index contributed by atoms with van der Waals surface area (Å²) in [5, 5.41) is 9.53. The van der Waals surface area contributed by atoms with E-state index in [1.165, 1.54) is 37.4 Å². The van der Waals surface area contributed by atoms with Gasteiger partial charge in [-0.3, -0.25) is 9.36 Å². The molecule has 0 atom stereocenters. The number of aliphatic hydroxyl groups excluding tert-OH is 1. The van der Waals surface area contributed by atoms with Crippen molar-refractivity contribution in [2.24, 2.45) is 0 Å². The van der Waals surface area contributed by atoms with E-state index in [1.54, 1.807) is 12.1 Å². The van der Waals surface area contributed by atoms with Crippen LogP contribution in [0.4, 0.5) is 13.2 Å². The van der Waals surface area contributed by atoms with Crippen LogP contribution in [0, 0.1) is 6.92 Å². The van der Waals surface area contributed by atoms with Gasteiger partial charge in [-0.15, -0.1) is 0 Å². The minimum Gasteiger partial charge on any atom is -0.497 e. The second-order valence-electron chi connectivity index (χ2n) is 6.19. The summed E-state index contributed by atoms with van der Waals surface area (Å²) in [6.45, 7) is 1.35. The number of carbonyl (C=O) groups is 1. The highest BCUT2D eigenvalue weighted by molar-refractivity contribution is 6.04. The first-order chi connectivity index (χ1) is 12.8. The van der Waals surface area contributed by atoms with Crippen molar-refractivity contribution in [2.45, 2.75) is 19.5 Å². The number of halogens is 3. The number of hydrogen-bond acceptors (Lipinski definition) is 3. The van der Waals surface area contributed by atoms with Crippen LogP contribution in [-0.2, 0) is 12.6 Å². The number of alkyl halides is 3. The number of nitrogens with zero attached hydrogens (tertiary/aromatic N) is 1. The van der Waals surface area contributed by atoms with Crippen LogP contribution in [0.3, 0.4) is 0 Å². The van der Waals surface area contributed by atoms with Gasteiger partial charge in [-0.1, -0.05) is 17.7 Å². The SMILES string of the molecule is COc1ccc2c(c1)c(CCO)c(C(F)(F)F)n2C(=O)c1ccc(C)cc1. The van der Waals surface area contributed by atoms with E-state index < -0.39 is 24.4 Å². The molecule has 142 valence electrons. The molecule has 0 aliphatic carbocycles. The van der Waals surface area contributed by atoms with Crippen LogP contribution in [0.5, 0.6) is 5.75 Å². The maximum Gasteiger partial charge on any atom is 0.432 e. The van der Waals surface area contributed by atoms with Crippen LogP contribution >= 0.6 is 0 Å². The topological polar surface area (TPSA) is 51.5 Å². The van der Waals surface area contributed by atoms with E-state index in [0.29, 0.717) is 10.3 Å². The van der Waals surface area contributed by atoms with Crippen LogP contribution < -0.4 is 4.74 Å². The maximum atomic E-state index is 13.9. The lowest BCUT2D eigenvalue weighted by Gasteiger charge is -2.14. The molecule has 1 aromatic heterocycles. The summed E-state index contributed by atoms with van der Waals surface area (Å²) in [6.07, 6.45) is -5.00. The predicted octanol–water partition coefficient (Wildman–Crippen LogP) is 4.20. The van der Waals surface area contributed by atoms with Crippen molar-refractivity contribution in [3.8, 4) is 5.75 Å². The largest absolute Gasteiger partial charge is 0.497 e. The quantitative estimate of drug-likeness (QED) is 0.741. The molecule has 7 heteroatoms. The zero-order valence-electron chi connectivity index (χ0n) is 14.8. The van der Waals surface area contributed by atoms with Crippen molar-refractivity contribution in [1.29, 1.82) is 0 Å². The van der Waals surface area contributed by atoms with Crippen LogP contribution in [0.1, 0.15) is 27.2 Å². The molecule has 0 saturated heterocycles. The Morgan fingerprint density at radius 2 is 1.81 bits per heavy atom. The molecule has 3 aromatic rings. The Kier molecular flexibility index (Phi) is 4.97. The highest BCUT2D eigenvalue weighted by Gasteiger charge is 2.40.